The molecule has 7 N–H and O–H groups in total. The Hall–Kier alpha value is -6.16. The van der Waals surface area contributed by atoms with Crippen LogP contribution in [0.25, 0.3) is 0 Å². The Labute approximate surface area is 350 Å². The summed E-state index contributed by atoms with van der Waals surface area (Å²) in [4.78, 5) is 84.7. The van der Waals surface area contributed by atoms with Gasteiger partial charge in [0.1, 0.15) is 54.4 Å². The number of aromatic hydroxyl groups is 1. The predicted molar refractivity (Wildman–Crippen MR) is 223 cm³/mol. The van der Waals surface area contributed by atoms with Crippen LogP contribution >= 0.6 is 0 Å². The van der Waals surface area contributed by atoms with Crippen molar-refractivity contribution in [1.82, 2.24) is 36.8 Å². The highest BCUT2D eigenvalue weighted by molar-refractivity contribution is 5.98. The van der Waals surface area contributed by atoms with E-state index in [0.717, 1.165) is 0 Å². The van der Waals surface area contributed by atoms with Gasteiger partial charge in [-0.15, -0.1) is 0 Å². The fourth-order valence-corrected chi connectivity index (χ4v) is 7.07. The van der Waals surface area contributed by atoms with E-state index in [9.17, 15) is 33.9 Å². The van der Waals surface area contributed by atoms with Crippen molar-refractivity contribution in [3.8, 4) is 23.0 Å². The van der Waals surface area contributed by atoms with Gasteiger partial charge in [0.2, 0.25) is 35.4 Å². The second kappa shape index (κ2) is 20.2. The zero-order chi connectivity index (χ0) is 43.7. The van der Waals surface area contributed by atoms with Gasteiger partial charge in [-0.3, -0.25) is 33.7 Å². The van der Waals surface area contributed by atoms with Crippen molar-refractivity contribution in [3.05, 3.63) is 83.4 Å². The normalized spacial score (nSPS) is 23.3. The fraction of sp³-hybridized carbons (Fsp3) is 0.455. The summed E-state index contributed by atoms with van der Waals surface area (Å²) in [7, 11) is 0. The van der Waals surface area contributed by atoms with Crippen LogP contribution in [-0.4, -0.2) is 107 Å². The molecule has 322 valence electrons. The van der Waals surface area contributed by atoms with E-state index < -0.39 is 71.7 Å². The van der Waals surface area contributed by atoms with Crippen LogP contribution < -0.4 is 41.4 Å². The van der Waals surface area contributed by atoms with Gasteiger partial charge in [0, 0.05) is 37.9 Å². The van der Waals surface area contributed by atoms with Gasteiger partial charge in [-0.05, 0) is 102 Å². The van der Waals surface area contributed by atoms with Gasteiger partial charge in [-0.1, -0.05) is 30.3 Å². The first kappa shape index (κ1) is 44.9. The van der Waals surface area contributed by atoms with Gasteiger partial charge in [0.05, 0.1) is 0 Å². The molecule has 3 aromatic rings. The fourth-order valence-electron chi connectivity index (χ4n) is 7.07. The zero-order valence-electron chi connectivity index (χ0n) is 35.2. The lowest BCUT2D eigenvalue weighted by Gasteiger charge is -2.30. The monoisotopic (exact) mass is 827 g/mol. The minimum Gasteiger partial charge on any atom is -0.508 e. The first-order valence-corrected chi connectivity index (χ1v) is 20.4. The lowest BCUT2D eigenvalue weighted by atomic mass is 10.0. The molecule has 0 aliphatic carbocycles. The summed E-state index contributed by atoms with van der Waals surface area (Å²) in [5, 5.41) is 25.8. The predicted octanol–water partition coefficient (Wildman–Crippen LogP) is 2.01. The van der Waals surface area contributed by atoms with E-state index in [1.165, 1.54) is 32.9 Å². The molecule has 60 heavy (non-hydrogen) atoms. The number of fused-ring (bicyclic) bond motifs is 2. The van der Waals surface area contributed by atoms with Crippen LogP contribution in [-0.2, 0) is 48.0 Å². The van der Waals surface area contributed by atoms with E-state index in [1.54, 1.807) is 54.6 Å². The zero-order valence-corrected chi connectivity index (χ0v) is 35.2. The summed E-state index contributed by atoms with van der Waals surface area (Å²) in [5.74, 6) is -2.76. The Bertz CT molecular complexity index is 2010. The van der Waals surface area contributed by atoms with Crippen LogP contribution in [0.1, 0.15) is 65.2 Å². The Morgan fingerprint density at radius 2 is 1.13 bits per heavy atom. The Balaban J connectivity index is 1.47. The van der Waals surface area contributed by atoms with E-state index in [4.69, 9.17) is 9.47 Å². The number of phenolic OH excluding ortho intramolecular Hbond substituents is 1. The smallest absolute Gasteiger partial charge is 0.243 e. The first-order chi connectivity index (χ1) is 28.5. The van der Waals surface area contributed by atoms with E-state index in [0.29, 0.717) is 59.2 Å². The van der Waals surface area contributed by atoms with Crippen molar-refractivity contribution in [1.29, 1.82) is 0 Å². The molecule has 0 saturated carbocycles. The van der Waals surface area contributed by atoms with Crippen LogP contribution in [0.5, 0.6) is 23.0 Å². The number of nitrogens with zero attached hydrogens (tertiary/aromatic N) is 1. The molecule has 16 nitrogen and oxygen atoms in total. The lowest BCUT2D eigenvalue weighted by molar-refractivity contribution is -0.136. The molecule has 1 saturated heterocycles. The van der Waals surface area contributed by atoms with Gasteiger partial charge in [-0.2, -0.15) is 0 Å². The van der Waals surface area contributed by atoms with Gasteiger partial charge in [0.15, 0.2) is 11.5 Å². The molecule has 0 aromatic heterocycles. The summed E-state index contributed by atoms with van der Waals surface area (Å²) in [6.07, 6.45) is -0.0497. The topological polar surface area (TPSA) is 217 Å². The average molecular weight is 828 g/mol. The van der Waals surface area contributed by atoms with Crippen molar-refractivity contribution >= 4 is 35.4 Å². The van der Waals surface area contributed by atoms with E-state index in [1.807, 2.05) is 0 Å². The van der Waals surface area contributed by atoms with Gasteiger partial charge in [-0.25, -0.2) is 0 Å². The maximum absolute atomic E-state index is 14.2. The molecule has 3 aliphatic rings. The van der Waals surface area contributed by atoms with Crippen molar-refractivity contribution in [3.63, 3.8) is 0 Å². The standard InChI is InChI=1S/C44H57N7O9/c1-24(2)51(25(3)4)18-19-59-37-17-12-31-22-36-43(57)46-26(5)39(53)45-27(6)40(54)48-34(20-29-8-13-32(52)14-9-29)42(56)47-28(7)41(55)49-35(44(58)50-36)21-30-10-15-33(16-11-30)60-38(37)23-31/h8-17,23-28,34-36,52H,18-22H2,1-7H3,(H,45,53)(H,46,57)(H,47,56)(H,48,54)(H,49,55)(H,50,58)/t26-,27+,28+,34+,35+,36+/m1/s1. The number of ether oxygens (including phenoxy) is 2. The largest absolute Gasteiger partial charge is 0.508 e. The van der Waals surface area contributed by atoms with Crippen LogP contribution in [0.2, 0.25) is 0 Å². The molecule has 16 heteroatoms. The SMILES string of the molecule is CC(C)N(CCOc1ccc2cc1Oc1ccc(cc1)C[C@@H]1NC(=O)[C@H](C)NC(=O)[C@H](Cc3ccc(O)cc3)NC(=O)[C@H](C)NC(=O)[C@@H](C)NC(=O)[C@H](C2)NC1=O)C(C)C. The van der Waals surface area contributed by atoms with Crippen molar-refractivity contribution in [2.75, 3.05) is 13.2 Å². The number of rotatable bonds is 8. The minimum absolute atomic E-state index is 0.00491. The molecule has 3 aromatic carbocycles. The molecule has 6 bridgehead atoms. The van der Waals surface area contributed by atoms with Crippen molar-refractivity contribution in [2.24, 2.45) is 0 Å². The Morgan fingerprint density at radius 3 is 1.75 bits per heavy atom. The molecule has 3 aliphatic heterocycles. The highest BCUT2D eigenvalue weighted by atomic mass is 16.5. The summed E-state index contributed by atoms with van der Waals surface area (Å²) < 4.78 is 12.6. The highest BCUT2D eigenvalue weighted by Crippen LogP contribution is 2.34. The number of hydrogen-bond acceptors (Lipinski definition) is 10. The quantitative estimate of drug-likeness (QED) is 0.175. The average Bonchev–Trinajstić information content (AvgIpc) is 3.19. The third-order valence-corrected chi connectivity index (χ3v) is 10.5. The third-order valence-electron chi connectivity index (χ3n) is 10.5. The molecule has 3 heterocycles. The lowest BCUT2D eigenvalue weighted by Crippen LogP contribution is -2.61. The molecule has 0 unspecified atom stereocenters. The number of carbonyl (C=O) groups excluding carboxylic acids is 6. The molecule has 6 amide bonds. The molecular weight excluding hydrogens is 771 g/mol. The summed E-state index contributed by atoms with van der Waals surface area (Å²) in [5.41, 5.74) is 1.85. The van der Waals surface area contributed by atoms with E-state index in [-0.39, 0.29) is 25.0 Å². The van der Waals surface area contributed by atoms with Crippen LogP contribution in [0.3, 0.4) is 0 Å². The van der Waals surface area contributed by atoms with Crippen molar-refractivity contribution in [2.45, 2.75) is 116 Å². The van der Waals surface area contributed by atoms with E-state index in [2.05, 4.69) is 64.5 Å². The molecule has 0 radical (unpaired) electrons. The van der Waals surface area contributed by atoms with Gasteiger partial charge in [0.25, 0.3) is 0 Å². The number of carbonyl (C=O) groups is 6. The Kier molecular flexibility index (Phi) is 15.1. The third kappa shape index (κ3) is 12.2. The number of amides is 6. The van der Waals surface area contributed by atoms with Crippen LogP contribution in [0, 0.1) is 0 Å². The van der Waals surface area contributed by atoms with Crippen LogP contribution in [0.4, 0.5) is 0 Å². The van der Waals surface area contributed by atoms with Gasteiger partial charge < -0.3 is 46.5 Å². The number of phenols is 1. The molecule has 1 fully saturated rings. The summed E-state index contributed by atoms with van der Waals surface area (Å²) >= 11 is 0. The Morgan fingerprint density at radius 1 is 0.633 bits per heavy atom. The maximum Gasteiger partial charge on any atom is 0.243 e. The maximum atomic E-state index is 14.2. The molecule has 6 rings (SSSR count). The number of benzene rings is 3. The number of hydrogen-bond donors (Lipinski definition) is 7. The van der Waals surface area contributed by atoms with Crippen molar-refractivity contribution < 1.29 is 43.3 Å². The molecule has 0 spiro atoms. The second-order valence-corrected chi connectivity index (χ2v) is 16.0. The summed E-state index contributed by atoms with van der Waals surface area (Å²) in [6, 6.07) is 11.8. The second-order valence-electron chi connectivity index (χ2n) is 16.0. The van der Waals surface area contributed by atoms with Crippen LogP contribution in [0.15, 0.2) is 66.7 Å². The molecule has 6 atom stereocenters. The van der Waals surface area contributed by atoms with Gasteiger partial charge >= 0.3 is 0 Å². The highest BCUT2D eigenvalue weighted by Gasteiger charge is 2.33. The number of nitrogens with one attached hydrogen (secondary N) is 6. The minimum atomic E-state index is -1.24. The first-order valence-electron chi connectivity index (χ1n) is 20.4. The summed E-state index contributed by atoms with van der Waals surface area (Å²) in [6.45, 7) is 13.9. The van der Waals surface area contributed by atoms with E-state index >= 15 is 0 Å². The molecular formula is C44H57N7O9.